The molecule has 0 aromatic carbocycles. The molecule has 1 aliphatic carbocycles. The average molecular weight is 178 g/mol. The number of hydrogen-bond acceptors (Lipinski definition) is 2. The summed E-state index contributed by atoms with van der Waals surface area (Å²) in [6.45, 7) is 2.75. The minimum Gasteiger partial charge on any atom is -0.354 e. The van der Waals surface area contributed by atoms with Crippen LogP contribution in [-0.4, -0.2) is 12.5 Å². The van der Waals surface area contributed by atoms with E-state index in [9.17, 15) is 10.1 Å². The second-order valence-corrected chi connectivity index (χ2v) is 4.07. The van der Waals surface area contributed by atoms with Gasteiger partial charge in [0.1, 0.15) is 5.41 Å². The summed E-state index contributed by atoms with van der Waals surface area (Å²) < 4.78 is 0. The maximum absolute atomic E-state index is 11.6. The van der Waals surface area contributed by atoms with Crippen molar-refractivity contribution in [1.82, 2.24) is 5.32 Å². The van der Waals surface area contributed by atoms with Crippen LogP contribution in [0.1, 0.15) is 26.2 Å². The predicted molar refractivity (Wildman–Crippen MR) is 47.6 cm³/mol. The zero-order chi connectivity index (χ0) is 9.47. The van der Waals surface area contributed by atoms with Crippen LogP contribution >= 0.6 is 0 Å². The van der Waals surface area contributed by atoms with Crippen LogP contribution in [0, 0.1) is 28.6 Å². The van der Waals surface area contributed by atoms with Gasteiger partial charge in [0.15, 0.2) is 0 Å². The molecule has 1 N–H and O–H groups in total. The van der Waals surface area contributed by atoms with Crippen LogP contribution in [-0.2, 0) is 4.79 Å². The third-order valence-electron chi connectivity index (χ3n) is 3.43. The van der Waals surface area contributed by atoms with Gasteiger partial charge in [-0.15, -0.1) is 0 Å². The van der Waals surface area contributed by atoms with Crippen LogP contribution in [0.2, 0.25) is 0 Å². The molecule has 0 aromatic rings. The molecule has 2 fully saturated rings. The first kappa shape index (κ1) is 8.55. The van der Waals surface area contributed by atoms with E-state index in [4.69, 9.17) is 0 Å². The monoisotopic (exact) mass is 178 g/mol. The SMILES string of the molecule is CCC1CNC(=O)C1(C#N)C1CC1. The first-order valence-electron chi connectivity index (χ1n) is 4.95. The lowest BCUT2D eigenvalue weighted by atomic mass is 9.73. The van der Waals surface area contributed by atoms with Crippen molar-refractivity contribution >= 4 is 5.91 Å². The molecule has 2 atom stereocenters. The van der Waals surface area contributed by atoms with E-state index < -0.39 is 5.41 Å². The van der Waals surface area contributed by atoms with Gasteiger partial charge in [0.25, 0.3) is 0 Å². The maximum atomic E-state index is 11.6. The van der Waals surface area contributed by atoms with E-state index in [1.165, 1.54) is 0 Å². The Hall–Kier alpha value is -1.04. The predicted octanol–water partition coefficient (Wildman–Crippen LogP) is 1.06. The fraction of sp³-hybridized carbons (Fsp3) is 0.800. The largest absolute Gasteiger partial charge is 0.354 e. The van der Waals surface area contributed by atoms with Gasteiger partial charge in [-0.25, -0.2) is 0 Å². The number of hydrogen-bond donors (Lipinski definition) is 1. The van der Waals surface area contributed by atoms with E-state index >= 15 is 0 Å². The summed E-state index contributed by atoms with van der Waals surface area (Å²) in [5.74, 6) is 0.548. The Bertz CT molecular complexity index is 277. The molecule has 1 heterocycles. The zero-order valence-corrected chi connectivity index (χ0v) is 7.84. The highest BCUT2D eigenvalue weighted by molar-refractivity contribution is 5.88. The lowest BCUT2D eigenvalue weighted by Gasteiger charge is -2.23. The van der Waals surface area contributed by atoms with Crippen molar-refractivity contribution in [2.75, 3.05) is 6.54 Å². The normalized spacial score (nSPS) is 38.5. The summed E-state index contributed by atoms with van der Waals surface area (Å²) in [5.41, 5.74) is -0.672. The van der Waals surface area contributed by atoms with E-state index in [0.717, 1.165) is 19.3 Å². The van der Waals surface area contributed by atoms with Crippen molar-refractivity contribution < 1.29 is 4.79 Å². The summed E-state index contributed by atoms with van der Waals surface area (Å²) >= 11 is 0. The van der Waals surface area contributed by atoms with Crippen molar-refractivity contribution in [1.29, 1.82) is 5.26 Å². The molecule has 3 nitrogen and oxygen atoms in total. The molecule has 0 spiro atoms. The fourth-order valence-electron chi connectivity index (χ4n) is 2.47. The van der Waals surface area contributed by atoms with E-state index in [1.54, 1.807) is 0 Å². The zero-order valence-electron chi connectivity index (χ0n) is 7.84. The molecule has 2 aliphatic rings. The van der Waals surface area contributed by atoms with Crippen LogP contribution in [0.4, 0.5) is 0 Å². The number of carbonyl (C=O) groups excluding carboxylic acids is 1. The summed E-state index contributed by atoms with van der Waals surface area (Å²) in [6, 6.07) is 2.28. The van der Waals surface area contributed by atoms with Crippen LogP contribution in [0.5, 0.6) is 0 Å². The average Bonchev–Trinajstić information content (AvgIpc) is 2.92. The standard InChI is InChI=1S/C10H14N2O/c1-2-7-5-12-9(13)10(7,6-11)8-3-4-8/h7-8H,2-5H2,1H3,(H,12,13). The first-order valence-corrected chi connectivity index (χ1v) is 4.95. The molecule has 1 saturated heterocycles. The van der Waals surface area contributed by atoms with E-state index in [0.29, 0.717) is 12.5 Å². The van der Waals surface area contributed by atoms with Gasteiger partial charge in [0.05, 0.1) is 6.07 Å². The van der Waals surface area contributed by atoms with Gasteiger partial charge >= 0.3 is 0 Å². The lowest BCUT2D eigenvalue weighted by Crippen LogP contribution is -2.35. The Balaban J connectivity index is 2.33. The molecular formula is C10H14N2O. The molecule has 0 aromatic heterocycles. The Morgan fingerprint density at radius 1 is 1.69 bits per heavy atom. The lowest BCUT2D eigenvalue weighted by molar-refractivity contribution is -0.127. The highest BCUT2D eigenvalue weighted by atomic mass is 16.2. The first-order chi connectivity index (χ1) is 6.25. The Morgan fingerprint density at radius 3 is 2.85 bits per heavy atom. The fourth-order valence-corrected chi connectivity index (χ4v) is 2.47. The molecular weight excluding hydrogens is 164 g/mol. The van der Waals surface area contributed by atoms with Crippen molar-refractivity contribution in [3.8, 4) is 6.07 Å². The Morgan fingerprint density at radius 2 is 2.38 bits per heavy atom. The molecule has 3 heteroatoms. The third kappa shape index (κ3) is 0.980. The highest BCUT2D eigenvalue weighted by Gasteiger charge is 2.58. The number of amides is 1. The highest BCUT2D eigenvalue weighted by Crippen LogP contribution is 2.52. The Labute approximate surface area is 78.1 Å². The third-order valence-corrected chi connectivity index (χ3v) is 3.43. The quantitative estimate of drug-likeness (QED) is 0.687. The van der Waals surface area contributed by atoms with Crippen LogP contribution < -0.4 is 5.32 Å². The smallest absolute Gasteiger partial charge is 0.241 e. The van der Waals surface area contributed by atoms with Crippen LogP contribution in [0.15, 0.2) is 0 Å². The van der Waals surface area contributed by atoms with Crippen LogP contribution in [0.3, 0.4) is 0 Å². The van der Waals surface area contributed by atoms with Gasteiger partial charge < -0.3 is 5.32 Å². The summed E-state index contributed by atoms with van der Waals surface area (Å²) in [5, 5.41) is 12.0. The van der Waals surface area contributed by atoms with E-state index in [1.807, 2.05) is 0 Å². The molecule has 1 saturated carbocycles. The van der Waals surface area contributed by atoms with Crippen molar-refractivity contribution in [3.63, 3.8) is 0 Å². The topological polar surface area (TPSA) is 52.9 Å². The van der Waals surface area contributed by atoms with Crippen molar-refractivity contribution in [2.45, 2.75) is 26.2 Å². The minimum absolute atomic E-state index is 0.0237. The number of nitriles is 1. The summed E-state index contributed by atoms with van der Waals surface area (Å²) in [7, 11) is 0. The number of nitrogens with zero attached hydrogens (tertiary/aromatic N) is 1. The van der Waals surface area contributed by atoms with Gasteiger partial charge in [-0.2, -0.15) is 5.26 Å². The molecule has 2 rings (SSSR count). The van der Waals surface area contributed by atoms with Crippen molar-refractivity contribution in [2.24, 2.45) is 17.3 Å². The van der Waals surface area contributed by atoms with Gasteiger partial charge in [0.2, 0.25) is 5.91 Å². The van der Waals surface area contributed by atoms with Crippen molar-refractivity contribution in [3.05, 3.63) is 0 Å². The molecule has 0 bridgehead atoms. The van der Waals surface area contributed by atoms with Gasteiger partial charge in [-0.3, -0.25) is 4.79 Å². The second kappa shape index (κ2) is 2.73. The molecule has 70 valence electrons. The number of carbonyl (C=O) groups is 1. The summed E-state index contributed by atoms with van der Waals surface area (Å²) in [6.07, 6.45) is 3.03. The molecule has 1 amide bonds. The second-order valence-electron chi connectivity index (χ2n) is 4.07. The van der Waals surface area contributed by atoms with E-state index in [2.05, 4.69) is 18.3 Å². The number of nitrogens with one attached hydrogen (secondary N) is 1. The molecule has 0 radical (unpaired) electrons. The van der Waals surface area contributed by atoms with Gasteiger partial charge in [0, 0.05) is 12.5 Å². The van der Waals surface area contributed by atoms with Gasteiger partial charge in [-0.05, 0) is 25.2 Å². The van der Waals surface area contributed by atoms with Crippen LogP contribution in [0.25, 0.3) is 0 Å². The Kier molecular flexibility index (Phi) is 1.80. The maximum Gasteiger partial charge on any atom is 0.241 e. The van der Waals surface area contributed by atoms with E-state index in [-0.39, 0.29) is 11.8 Å². The summed E-state index contributed by atoms with van der Waals surface area (Å²) in [4.78, 5) is 11.6. The molecule has 2 unspecified atom stereocenters. The van der Waals surface area contributed by atoms with Gasteiger partial charge in [-0.1, -0.05) is 6.92 Å². The molecule has 13 heavy (non-hydrogen) atoms. The minimum atomic E-state index is -0.672. The molecule has 1 aliphatic heterocycles. The number of rotatable bonds is 2.